The monoisotopic (exact) mass is 1020 g/mol. The predicted octanol–water partition coefficient (Wildman–Crippen LogP) is 4.19. The molecule has 0 unspecified atom stereocenters. The molecule has 0 radical (unpaired) electrons. The highest BCUT2D eigenvalue weighted by molar-refractivity contribution is 6.06. The van der Waals surface area contributed by atoms with Crippen LogP contribution in [0.1, 0.15) is 78.9 Å². The van der Waals surface area contributed by atoms with Crippen molar-refractivity contribution < 1.29 is 65.3 Å². The maximum absolute atomic E-state index is 14.3. The number of aromatic amines is 1. The first kappa shape index (κ1) is 54.9. The van der Waals surface area contributed by atoms with Crippen molar-refractivity contribution in [3.8, 4) is 17.4 Å². The summed E-state index contributed by atoms with van der Waals surface area (Å²) in [7, 11) is 1.66. The highest BCUT2D eigenvalue weighted by Crippen LogP contribution is 2.38. The molecule has 3 aromatic heterocycles. The van der Waals surface area contributed by atoms with E-state index >= 15 is 0 Å². The smallest absolute Gasteiger partial charge is 0.417 e. The third-order valence-electron chi connectivity index (χ3n) is 11.9. The van der Waals surface area contributed by atoms with Crippen LogP contribution in [-0.4, -0.2) is 121 Å². The van der Waals surface area contributed by atoms with E-state index in [1.54, 1.807) is 30.4 Å². The van der Waals surface area contributed by atoms with Crippen LogP contribution in [0.15, 0.2) is 78.1 Å². The molecule has 73 heavy (non-hydrogen) atoms. The van der Waals surface area contributed by atoms with Crippen molar-refractivity contribution in [3.63, 3.8) is 0 Å². The summed E-state index contributed by atoms with van der Waals surface area (Å²) in [5, 5.41) is 13.7. The Morgan fingerprint density at radius 3 is 2.32 bits per heavy atom. The maximum atomic E-state index is 14.3. The van der Waals surface area contributed by atoms with Gasteiger partial charge in [0, 0.05) is 101 Å². The summed E-state index contributed by atoms with van der Waals surface area (Å²) in [5.74, 6) is -4.55. The number of carbonyl (C=O) groups is 6. The summed E-state index contributed by atoms with van der Waals surface area (Å²) in [6.45, 7) is 1.45. The second-order valence-corrected chi connectivity index (χ2v) is 17.2. The molecule has 1 aliphatic carbocycles. The zero-order chi connectivity index (χ0) is 52.3. The normalized spacial score (nSPS) is 17.6. The Labute approximate surface area is 416 Å². The second-order valence-electron chi connectivity index (χ2n) is 17.2. The second kappa shape index (κ2) is 26.8. The fourth-order valence-electron chi connectivity index (χ4n) is 8.15. The Morgan fingerprint density at radius 1 is 0.808 bits per heavy atom. The average Bonchev–Trinajstić information content (AvgIpc) is 3.66. The van der Waals surface area contributed by atoms with Gasteiger partial charge in [-0.25, -0.2) is 9.37 Å². The Bertz CT molecular complexity index is 2600. The van der Waals surface area contributed by atoms with Gasteiger partial charge in [-0.1, -0.05) is 6.07 Å². The third kappa shape index (κ3) is 16.8. The number of ether oxygens (including phenoxy) is 4. The lowest BCUT2D eigenvalue weighted by Crippen LogP contribution is -2.41. The minimum atomic E-state index is -4.86. The minimum Gasteiger partial charge on any atom is -0.489 e. The Kier molecular flexibility index (Phi) is 20.2. The summed E-state index contributed by atoms with van der Waals surface area (Å²) >= 11 is 0. The number of rotatable bonds is 25. The highest BCUT2D eigenvalue weighted by Gasteiger charge is 2.42. The van der Waals surface area contributed by atoms with Gasteiger partial charge in [-0.2, -0.15) is 13.2 Å². The number of hydrogen-bond donors (Lipinski definition) is 6. The van der Waals surface area contributed by atoms with E-state index in [1.165, 1.54) is 12.3 Å². The molecule has 392 valence electrons. The number of likely N-dealkylation sites (tertiary alicyclic amines) is 1. The Hall–Kier alpha value is -7.47. The van der Waals surface area contributed by atoms with Crippen molar-refractivity contribution in [3.05, 3.63) is 106 Å². The molecule has 2 fully saturated rings. The topological polar surface area (TPSA) is 261 Å². The van der Waals surface area contributed by atoms with Gasteiger partial charge >= 0.3 is 6.18 Å². The third-order valence-corrected chi connectivity index (χ3v) is 11.9. The fraction of sp³-hybridized carbons (Fsp3) is 0.449. The van der Waals surface area contributed by atoms with Crippen LogP contribution < -0.4 is 41.6 Å². The van der Waals surface area contributed by atoms with Crippen molar-refractivity contribution in [2.75, 3.05) is 65.0 Å². The van der Waals surface area contributed by atoms with Crippen LogP contribution in [0, 0.1) is 17.7 Å². The van der Waals surface area contributed by atoms with Crippen LogP contribution in [0.4, 0.5) is 23.2 Å². The van der Waals surface area contributed by atoms with Crippen molar-refractivity contribution in [1.29, 1.82) is 0 Å². The van der Waals surface area contributed by atoms with Crippen LogP contribution in [-0.2, 0) is 39.6 Å². The van der Waals surface area contributed by atoms with E-state index in [0.29, 0.717) is 37.9 Å². The molecule has 1 saturated heterocycles. The molecule has 0 spiro atoms. The zero-order valence-corrected chi connectivity index (χ0v) is 39.9. The van der Waals surface area contributed by atoms with Gasteiger partial charge in [0.05, 0.1) is 50.6 Å². The van der Waals surface area contributed by atoms with E-state index in [9.17, 15) is 51.1 Å². The molecule has 6 rings (SSSR count). The van der Waals surface area contributed by atoms with Gasteiger partial charge in [0.25, 0.3) is 5.91 Å². The minimum absolute atomic E-state index is 0.00393. The number of alkyl halides is 3. The van der Waals surface area contributed by atoms with E-state index in [4.69, 9.17) is 18.9 Å². The molecule has 2 aliphatic rings. The molecule has 1 aliphatic heterocycles. The lowest BCUT2D eigenvalue weighted by Gasteiger charge is -2.28. The summed E-state index contributed by atoms with van der Waals surface area (Å²) in [5.41, 5.74) is -1.67. The van der Waals surface area contributed by atoms with Crippen LogP contribution in [0.25, 0.3) is 0 Å². The zero-order valence-electron chi connectivity index (χ0n) is 39.9. The van der Waals surface area contributed by atoms with Crippen LogP contribution in [0.3, 0.4) is 0 Å². The molecule has 4 aromatic rings. The largest absolute Gasteiger partial charge is 0.489 e. The van der Waals surface area contributed by atoms with Gasteiger partial charge in [0.2, 0.25) is 41.0 Å². The molecule has 4 heterocycles. The van der Waals surface area contributed by atoms with E-state index in [0.717, 1.165) is 29.8 Å². The maximum Gasteiger partial charge on any atom is 0.417 e. The van der Waals surface area contributed by atoms with Gasteiger partial charge in [-0.05, 0) is 68.0 Å². The first-order chi connectivity index (χ1) is 35.0. The number of aromatic nitrogens is 3. The number of hydrogen-bond acceptors (Lipinski definition) is 13. The molecular weight excluding hydrogens is 967 g/mol. The Balaban J connectivity index is 0.796. The summed E-state index contributed by atoms with van der Waals surface area (Å²) in [6, 6.07) is 9.08. The fourth-order valence-corrected chi connectivity index (χ4v) is 8.15. The van der Waals surface area contributed by atoms with Crippen molar-refractivity contribution >= 4 is 41.1 Å². The molecule has 20 nitrogen and oxygen atoms in total. The number of pyridine rings is 3. The van der Waals surface area contributed by atoms with E-state index in [1.807, 2.05) is 6.07 Å². The number of amides is 6. The SMILES string of the molecule is CN1C(=O)C[C@H](C(=O)NCCC(=O)NCCOCCOCCC(=O)NC2CCC(C(=O)NCCCOc3cc(F)ccc3Oc3ncc(C(F)(F)F)cc3C(=O)Nc3cc[nH]c(=O)c3)CC2)[C@H]1c1cccnc1. The molecule has 1 saturated carbocycles. The summed E-state index contributed by atoms with van der Waals surface area (Å²) in [4.78, 5) is 99.5. The molecule has 24 heteroatoms. The molecular formula is C49H57F4N9O11. The number of benzene rings is 1. The number of anilines is 1. The number of H-pyrrole nitrogens is 1. The van der Waals surface area contributed by atoms with E-state index in [2.05, 4.69) is 41.5 Å². The van der Waals surface area contributed by atoms with Crippen LogP contribution in [0.2, 0.25) is 0 Å². The number of nitrogens with one attached hydrogen (secondary N) is 6. The molecule has 1 aromatic carbocycles. The number of carbonyl (C=O) groups excluding carboxylic acids is 6. The van der Waals surface area contributed by atoms with Crippen molar-refractivity contribution in [2.24, 2.45) is 11.8 Å². The first-order valence-corrected chi connectivity index (χ1v) is 23.7. The lowest BCUT2D eigenvalue weighted by atomic mass is 9.85. The van der Waals surface area contributed by atoms with Crippen LogP contribution in [0.5, 0.6) is 17.4 Å². The molecule has 2 atom stereocenters. The van der Waals surface area contributed by atoms with Crippen LogP contribution >= 0.6 is 0 Å². The molecule has 6 N–H and O–H groups in total. The predicted molar refractivity (Wildman–Crippen MR) is 252 cm³/mol. The van der Waals surface area contributed by atoms with Gasteiger partial charge < -0.3 is 55.4 Å². The number of halogens is 4. The standard InChI is InChI=1S/C49H57F4N9O11/c1-62-43(66)27-36(44(62)31-4-2-14-54-28-31)46(68)58-17-12-40(63)56-18-21-71-23-22-70-20-13-41(64)60-34-8-5-30(6-9-34)45(67)57-15-3-19-72-39-25-33(50)7-10-38(39)73-48-37(24-32(29-59-48)49(51,52)53)47(69)61-35-11-16-55-42(65)26-35/h2,4,7,10-11,14,16,24-26,28-30,34,36,44H,3,5-6,8-9,12-13,15,17-23,27H2,1H3,(H,56,63)(H,57,67)(H,58,68)(H,60,64)(H2,55,61,65,69)/t30?,34?,36-,44+/m0/s1. The Morgan fingerprint density at radius 2 is 1.58 bits per heavy atom. The summed E-state index contributed by atoms with van der Waals surface area (Å²) < 4.78 is 77.5. The van der Waals surface area contributed by atoms with Gasteiger partial charge in [-0.15, -0.1) is 0 Å². The first-order valence-electron chi connectivity index (χ1n) is 23.7. The average molecular weight is 1020 g/mol. The van der Waals surface area contributed by atoms with E-state index in [-0.39, 0.29) is 137 Å². The quantitative estimate of drug-likeness (QED) is 0.0403. The van der Waals surface area contributed by atoms with Gasteiger partial charge in [-0.3, -0.25) is 38.5 Å². The van der Waals surface area contributed by atoms with Crippen molar-refractivity contribution in [2.45, 2.75) is 69.6 Å². The van der Waals surface area contributed by atoms with Gasteiger partial charge in [0.1, 0.15) is 11.4 Å². The van der Waals surface area contributed by atoms with Crippen molar-refractivity contribution in [1.82, 2.24) is 41.1 Å². The molecule has 0 bridgehead atoms. The number of nitrogens with zero attached hydrogens (tertiary/aromatic N) is 3. The van der Waals surface area contributed by atoms with E-state index < -0.39 is 52.4 Å². The summed E-state index contributed by atoms with van der Waals surface area (Å²) in [6.07, 6.45) is 2.98. The van der Waals surface area contributed by atoms with Gasteiger partial charge in [0.15, 0.2) is 11.5 Å². The molecule has 6 amide bonds. The highest BCUT2D eigenvalue weighted by atomic mass is 19.4. The lowest BCUT2D eigenvalue weighted by molar-refractivity contribution is -0.138.